The number of alkyl carbamates (subject to hydrolysis) is 1. The molecule has 0 bridgehead atoms. The zero-order valence-corrected chi connectivity index (χ0v) is 38.0. The first-order chi connectivity index (χ1) is 25.9. The summed E-state index contributed by atoms with van der Waals surface area (Å²) in [5, 5.41) is 3.71. The van der Waals surface area contributed by atoms with Crippen LogP contribution in [-0.2, 0) is 14.3 Å². The van der Waals surface area contributed by atoms with Crippen molar-refractivity contribution in [3.8, 4) is 22.5 Å². The molecule has 12 nitrogen and oxygen atoms in total. The number of carbonyl (C=O) groups excluding carboxylic acids is 3. The van der Waals surface area contributed by atoms with Gasteiger partial charge in [-0.1, -0.05) is 52.8 Å². The van der Waals surface area contributed by atoms with E-state index in [0.29, 0.717) is 12.5 Å². The van der Waals surface area contributed by atoms with Crippen molar-refractivity contribution in [1.82, 2.24) is 40.0 Å². The summed E-state index contributed by atoms with van der Waals surface area (Å²) in [6, 6.07) is 15.6. The number of nitrogens with zero attached hydrogens (tertiary/aromatic N) is 5. The molecule has 2 saturated heterocycles. The molecule has 4 atom stereocenters. The molecule has 2 aromatic carbocycles. The van der Waals surface area contributed by atoms with Crippen molar-refractivity contribution in [2.45, 2.75) is 84.8 Å². The first-order valence-electron chi connectivity index (χ1n) is 19.3. The Balaban J connectivity index is 0.00000186. The summed E-state index contributed by atoms with van der Waals surface area (Å²) in [5.41, 5.74) is 6.66. The monoisotopic (exact) mass is 866 g/mol. The highest BCUT2D eigenvalue weighted by atomic mass is 32.1. The number of carbonyl (C=O) groups is 3. The van der Waals surface area contributed by atoms with Crippen LogP contribution < -0.4 is 5.32 Å². The number of rotatable bonds is 9. The third-order valence-electron chi connectivity index (χ3n) is 12.1. The third-order valence-corrected chi connectivity index (χ3v) is 12.1. The van der Waals surface area contributed by atoms with Gasteiger partial charge >= 0.3 is 6.09 Å². The highest BCUT2D eigenvalue weighted by Gasteiger charge is 2.54. The highest BCUT2D eigenvalue weighted by Crippen LogP contribution is 2.58. The SMILES string of the molecule is COC(=O)N[C@H](C(=O)N1CCC[C@H]1c1ncc(-c2ccc3nc(-c4ccc5nc([C@@H]6CC7(CC7)CN6C(=O)[C@@H](C)C(C)C)[nH]c5c4)ccc3c2)[nH]1)C(C)C.S.S.S.S. The van der Waals surface area contributed by atoms with Crippen LogP contribution in [0.5, 0.6) is 0 Å². The fourth-order valence-corrected chi connectivity index (χ4v) is 8.26. The van der Waals surface area contributed by atoms with Crippen LogP contribution in [0.15, 0.2) is 54.7 Å². The average Bonchev–Trinajstić information content (AvgIpc) is 3.66. The molecule has 58 heavy (non-hydrogen) atoms. The standard InChI is InChI=1S/C42H50N8O4.4H2S/c1-23(2)25(5)39(51)50-22-42(15-16-42)20-35(50)38-45-31-14-11-28(19-32(31)46-38)30-12-9-26-18-27(10-13-29(26)44-30)33-21-43-37(47-33)34-8-7-17-49(34)40(52)36(24(3)4)48-41(53)54-6;;;;/h9-14,18-19,21,23-25,34-36H,7-8,15-17,20,22H2,1-6H3,(H,43,47)(H,45,46)(H,48,53);4*1H2/t25-,34-,35-,36-;;;;/m0..../s1. The van der Waals surface area contributed by atoms with Crippen LogP contribution in [0, 0.1) is 23.2 Å². The van der Waals surface area contributed by atoms with Gasteiger partial charge in [-0.25, -0.2) is 19.7 Å². The maximum Gasteiger partial charge on any atom is 0.407 e. The van der Waals surface area contributed by atoms with E-state index in [4.69, 9.17) is 19.7 Å². The van der Waals surface area contributed by atoms with E-state index in [0.717, 1.165) is 81.9 Å². The number of aromatic amines is 2. The fourth-order valence-electron chi connectivity index (χ4n) is 8.26. The molecule has 3 amide bonds. The maximum absolute atomic E-state index is 13.6. The molecule has 1 aliphatic carbocycles. The minimum atomic E-state index is -0.683. The number of hydrogen-bond acceptors (Lipinski definition) is 7. The second kappa shape index (κ2) is 18.6. The van der Waals surface area contributed by atoms with E-state index in [9.17, 15) is 14.4 Å². The van der Waals surface area contributed by atoms with E-state index in [2.05, 4.69) is 58.3 Å². The molecule has 5 aromatic rings. The van der Waals surface area contributed by atoms with Crippen LogP contribution >= 0.6 is 54.0 Å². The van der Waals surface area contributed by atoms with E-state index < -0.39 is 12.1 Å². The second-order valence-electron chi connectivity index (χ2n) is 16.4. The first kappa shape index (κ1) is 46.8. The van der Waals surface area contributed by atoms with Gasteiger partial charge in [0.1, 0.15) is 17.7 Å². The molecule has 2 aliphatic heterocycles. The van der Waals surface area contributed by atoms with Gasteiger partial charge in [0.2, 0.25) is 11.8 Å². The van der Waals surface area contributed by atoms with E-state index >= 15 is 0 Å². The number of imidazole rings is 2. The summed E-state index contributed by atoms with van der Waals surface area (Å²) in [7, 11) is 1.30. The highest BCUT2D eigenvalue weighted by molar-refractivity contribution is 7.59. The predicted molar refractivity (Wildman–Crippen MR) is 249 cm³/mol. The topological polar surface area (TPSA) is 149 Å². The van der Waals surface area contributed by atoms with Crippen molar-refractivity contribution in [2.75, 3.05) is 20.2 Å². The number of likely N-dealkylation sites (tertiary alicyclic amines) is 2. The first-order valence-corrected chi connectivity index (χ1v) is 19.3. The molecule has 3 N–H and O–H groups in total. The van der Waals surface area contributed by atoms with Gasteiger partial charge in [-0.05, 0) is 79.7 Å². The zero-order chi connectivity index (χ0) is 37.9. The molecule has 3 fully saturated rings. The lowest BCUT2D eigenvalue weighted by molar-refractivity contribution is -0.137. The van der Waals surface area contributed by atoms with Gasteiger partial charge in [-0.3, -0.25) is 9.59 Å². The Labute approximate surface area is 368 Å². The number of ether oxygens (including phenoxy) is 1. The number of benzene rings is 2. The maximum atomic E-state index is 13.6. The number of fused-ring (bicyclic) bond motifs is 2. The van der Waals surface area contributed by atoms with Crippen molar-refractivity contribution >= 4 is 93.8 Å². The van der Waals surface area contributed by atoms with Gasteiger partial charge in [0.25, 0.3) is 0 Å². The smallest absolute Gasteiger partial charge is 0.407 e. The summed E-state index contributed by atoms with van der Waals surface area (Å²) in [5.74, 6) is 1.87. The van der Waals surface area contributed by atoms with Gasteiger partial charge in [0.05, 0.1) is 53.3 Å². The van der Waals surface area contributed by atoms with Crippen molar-refractivity contribution in [3.63, 3.8) is 0 Å². The summed E-state index contributed by atoms with van der Waals surface area (Å²) in [6.45, 7) is 11.5. The van der Waals surface area contributed by atoms with E-state index in [1.807, 2.05) is 56.1 Å². The molecule has 1 saturated carbocycles. The second-order valence-corrected chi connectivity index (χ2v) is 16.4. The molecule has 1 spiro atoms. The number of nitrogens with one attached hydrogen (secondary N) is 3. The number of H-pyrrole nitrogens is 2. The minimum absolute atomic E-state index is 0. The van der Waals surface area contributed by atoms with Gasteiger partial charge in [-0.15, -0.1) is 0 Å². The molecular weight excluding hydrogens is 809 g/mol. The van der Waals surface area contributed by atoms with Gasteiger partial charge in [0, 0.05) is 35.5 Å². The molecule has 0 radical (unpaired) electrons. The Morgan fingerprint density at radius 2 is 1.53 bits per heavy atom. The number of amides is 3. The lowest BCUT2D eigenvalue weighted by atomic mass is 9.96. The van der Waals surface area contributed by atoms with Crippen LogP contribution in [0.25, 0.3) is 44.5 Å². The lowest BCUT2D eigenvalue weighted by Crippen LogP contribution is -2.51. The van der Waals surface area contributed by atoms with Gasteiger partial charge < -0.3 is 29.8 Å². The lowest BCUT2D eigenvalue weighted by Gasteiger charge is -2.30. The summed E-state index contributed by atoms with van der Waals surface area (Å²) >= 11 is 0. The van der Waals surface area contributed by atoms with Crippen LogP contribution in [0.1, 0.15) is 90.5 Å². The number of aromatic nitrogens is 5. The van der Waals surface area contributed by atoms with Crippen LogP contribution in [0.2, 0.25) is 0 Å². The van der Waals surface area contributed by atoms with Gasteiger partial charge in [-0.2, -0.15) is 54.0 Å². The van der Waals surface area contributed by atoms with Crippen molar-refractivity contribution in [1.29, 1.82) is 0 Å². The predicted octanol–water partition coefficient (Wildman–Crippen LogP) is 8.01. The summed E-state index contributed by atoms with van der Waals surface area (Å²) in [6.07, 6.45) is 6.18. The average molecular weight is 867 g/mol. The molecule has 8 rings (SSSR count). The Kier molecular flexibility index (Phi) is 15.0. The largest absolute Gasteiger partial charge is 0.453 e. The number of pyridine rings is 1. The molecule has 3 aromatic heterocycles. The molecule has 3 aliphatic rings. The van der Waals surface area contributed by atoms with E-state index in [1.54, 1.807) is 0 Å². The number of hydrogen-bond donors (Lipinski definition) is 3. The van der Waals surface area contributed by atoms with Crippen LogP contribution in [0.3, 0.4) is 0 Å². The van der Waals surface area contributed by atoms with Gasteiger partial charge in [0.15, 0.2) is 0 Å². The Morgan fingerprint density at radius 3 is 2.22 bits per heavy atom. The fraction of sp³-hybridized carbons (Fsp3) is 0.476. The molecule has 5 heterocycles. The van der Waals surface area contributed by atoms with Crippen LogP contribution in [0.4, 0.5) is 4.79 Å². The normalized spacial score (nSPS) is 19.0. The van der Waals surface area contributed by atoms with E-state index in [1.165, 1.54) is 20.0 Å². The van der Waals surface area contributed by atoms with Crippen molar-refractivity contribution < 1.29 is 19.1 Å². The molecular formula is C42H58N8O4S4. The molecule has 0 unspecified atom stereocenters. The Morgan fingerprint density at radius 1 is 0.810 bits per heavy atom. The molecule has 314 valence electrons. The van der Waals surface area contributed by atoms with Crippen molar-refractivity contribution in [2.24, 2.45) is 23.2 Å². The van der Waals surface area contributed by atoms with E-state index in [-0.39, 0.29) is 95.1 Å². The summed E-state index contributed by atoms with van der Waals surface area (Å²) in [4.78, 5) is 64.8. The quantitative estimate of drug-likeness (QED) is 0.136. The minimum Gasteiger partial charge on any atom is -0.453 e. The Hall–Kier alpha value is -3.86. The third kappa shape index (κ3) is 8.99. The summed E-state index contributed by atoms with van der Waals surface area (Å²) < 4.78 is 4.77. The zero-order valence-electron chi connectivity index (χ0n) is 34.0. The number of methoxy groups -OCH3 is 1. The van der Waals surface area contributed by atoms with Crippen molar-refractivity contribution in [3.05, 3.63) is 66.4 Å². The Bertz CT molecular complexity index is 2260. The van der Waals surface area contributed by atoms with Crippen LogP contribution in [-0.4, -0.2) is 78.9 Å². The molecule has 16 heteroatoms.